The van der Waals surface area contributed by atoms with Gasteiger partial charge in [-0.2, -0.15) is 0 Å². The molecule has 1 amide bonds. The summed E-state index contributed by atoms with van der Waals surface area (Å²) in [6, 6.07) is 14.9. The van der Waals surface area contributed by atoms with E-state index in [1.807, 2.05) is 42.2 Å². The maximum absolute atomic E-state index is 13.1. The highest BCUT2D eigenvalue weighted by molar-refractivity contribution is 5.98. The van der Waals surface area contributed by atoms with Crippen LogP contribution in [0.15, 0.2) is 48.5 Å². The van der Waals surface area contributed by atoms with Crippen LogP contribution in [0.2, 0.25) is 0 Å². The van der Waals surface area contributed by atoms with Crippen LogP contribution in [0.4, 0.5) is 5.69 Å². The third-order valence-electron chi connectivity index (χ3n) is 5.62. The van der Waals surface area contributed by atoms with Crippen LogP contribution in [-0.4, -0.2) is 39.5 Å². The van der Waals surface area contributed by atoms with Crippen LogP contribution < -0.4 is 4.90 Å². The molecule has 7 nitrogen and oxygen atoms in total. The number of nitrogens with zero attached hydrogens (tertiary/aromatic N) is 4. The first-order valence-corrected chi connectivity index (χ1v) is 10.5. The number of aromatic nitrogens is 3. The Morgan fingerprint density at radius 1 is 1.10 bits per heavy atom. The van der Waals surface area contributed by atoms with Crippen LogP contribution in [0.1, 0.15) is 49.4 Å². The first-order chi connectivity index (χ1) is 14.7. The number of carbonyl (C=O) groups excluding carboxylic acids is 2. The second-order valence-corrected chi connectivity index (χ2v) is 7.58. The maximum atomic E-state index is 13.1. The van der Waals surface area contributed by atoms with Crippen molar-refractivity contribution in [2.45, 2.75) is 51.6 Å². The Kier molecular flexibility index (Phi) is 6.07. The molecule has 7 heteroatoms. The monoisotopic (exact) mass is 406 g/mol. The summed E-state index contributed by atoms with van der Waals surface area (Å²) in [6.45, 7) is 2.39. The lowest BCUT2D eigenvalue weighted by molar-refractivity contribution is -0.122. The van der Waals surface area contributed by atoms with Gasteiger partial charge in [-0.1, -0.05) is 42.7 Å². The zero-order chi connectivity index (χ0) is 20.9. The number of benzene rings is 2. The molecule has 156 valence electrons. The topological polar surface area (TPSA) is 77.3 Å². The van der Waals surface area contributed by atoms with Crippen LogP contribution in [-0.2, 0) is 16.1 Å². The molecule has 3 aromatic rings. The van der Waals surface area contributed by atoms with E-state index in [1.54, 1.807) is 22.9 Å². The fraction of sp³-hybridized carbons (Fsp3) is 0.391. The van der Waals surface area contributed by atoms with Gasteiger partial charge >= 0.3 is 5.97 Å². The fourth-order valence-electron chi connectivity index (χ4n) is 4.10. The van der Waals surface area contributed by atoms with E-state index in [9.17, 15) is 9.59 Å². The first kappa shape index (κ1) is 20.1. The minimum Gasteiger partial charge on any atom is -0.452 e. The van der Waals surface area contributed by atoms with E-state index < -0.39 is 5.97 Å². The van der Waals surface area contributed by atoms with Gasteiger partial charge in [0.25, 0.3) is 5.91 Å². The summed E-state index contributed by atoms with van der Waals surface area (Å²) >= 11 is 0. The van der Waals surface area contributed by atoms with Crippen molar-refractivity contribution in [3.8, 4) is 0 Å². The SMILES string of the molecule is CCn1nnc2cc(C(=O)OCC(=O)N(c3ccccc3)C3CCCCC3)ccc21. The highest BCUT2D eigenvalue weighted by Crippen LogP contribution is 2.27. The largest absolute Gasteiger partial charge is 0.452 e. The predicted molar refractivity (Wildman–Crippen MR) is 114 cm³/mol. The third-order valence-corrected chi connectivity index (χ3v) is 5.62. The summed E-state index contributed by atoms with van der Waals surface area (Å²) in [6.07, 6.45) is 5.36. The van der Waals surface area contributed by atoms with Crippen LogP contribution in [0.3, 0.4) is 0 Å². The number of fused-ring (bicyclic) bond motifs is 1. The number of hydrogen-bond acceptors (Lipinski definition) is 5. The zero-order valence-electron chi connectivity index (χ0n) is 17.2. The molecule has 1 heterocycles. The van der Waals surface area contributed by atoms with E-state index in [2.05, 4.69) is 10.3 Å². The molecule has 0 unspecified atom stereocenters. The van der Waals surface area contributed by atoms with E-state index in [0.717, 1.165) is 36.9 Å². The summed E-state index contributed by atoms with van der Waals surface area (Å²) in [5, 5.41) is 8.14. The molecule has 0 aliphatic heterocycles. The number of esters is 1. The Morgan fingerprint density at radius 2 is 1.87 bits per heavy atom. The molecule has 1 fully saturated rings. The van der Waals surface area contributed by atoms with Gasteiger partial charge < -0.3 is 9.64 Å². The highest BCUT2D eigenvalue weighted by Gasteiger charge is 2.27. The summed E-state index contributed by atoms with van der Waals surface area (Å²) in [5.41, 5.74) is 2.70. The van der Waals surface area contributed by atoms with E-state index in [4.69, 9.17) is 4.74 Å². The smallest absolute Gasteiger partial charge is 0.338 e. The molecule has 30 heavy (non-hydrogen) atoms. The van der Waals surface area contributed by atoms with Gasteiger partial charge in [0.15, 0.2) is 6.61 Å². The van der Waals surface area contributed by atoms with Gasteiger partial charge in [-0.3, -0.25) is 4.79 Å². The van der Waals surface area contributed by atoms with E-state index in [1.165, 1.54) is 6.42 Å². The molecule has 0 bridgehead atoms. The van der Waals surface area contributed by atoms with Gasteiger partial charge in [0.2, 0.25) is 0 Å². The lowest BCUT2D eigenvalue weighted by atomic mass is 9.93. The number of ether oxygens (including phenoxy) is 1. The molecule has 2 aromatic carbocycles. The van der Waals surface area contributed by atoms with Crippen molar-refractivity contribution in [2.75, 3.05) is 11.5 Å². The van der Waals surface area contributed by atoms with Crippen LogP contribution >= 0.6 is 0 Å². The fourth-order valence-corrected chi connectivity index (χ4v) is 4.10. The quantitative estimate of drug-likeness (QED) is 0.579. The number of hydrogen-bond donors (Lipinski definition) is 0. The average Bonchev–Trinajstić information content (AvgIpc) is 3.21. The number of amides is 1. The number of para-hydroxylation sites is 1. The molecule has 4 rings (SSSR count). The van der Waals surface area contributed by atoms with Gasteiger partial charge in [0.1, 0.15) is 5.52 Å². The lowest BCUT2D eigenvalue weighted by Crippen LogP contribution is -2.43. The maximum Gasteiger partial charge on any atom is 0.338 e. The summed E-state index contributed by atoms with van der Waals surface area (Å²) in [7, 11) is 0. The number of aryl methyl sites for hydroxylation is 1. The van der Waals surface area contributed by atoms with Crippen molar-refractivity contribution in [1.82, 2.24) is 15.0 Å². The lowest BCUT2D eigenvalue weighted by Gasteiger charge is -2.34. The third kappa shape index (κ3) is 4.20. The Morgan fingerprint density at radius 3 is 2.60 bits per heavy atom. The van der Waals surface area contributed by atoms with Gasteiger partial charge in [-0.15, -0.1) is 5.10 Å². The second kappa shape index (κ2) is 9.07. The Bertz CT molecular complexity index is 1030. The van der Waals surface area contributed by atoms with Crippen LogP contribution in [0, 0.1) is 0 Å². The normalized spacial score (nSPS) is 14.6. The molecule has 1 aliphatic carbocycles. The predicted octanol–water partition coefficient (Wildman–Crippen LogP) is 3.97. The van der Waals surface area contributed by atoms with Gasteiger partial charge in [-0.05, 0) is 50.1 Å². The van der Waals surface area contributed by atoms with Crippen molar-refractivity contribution in [3.05, 3.63) is 54.1 Å². The molecule has 1 saturated carbocycles. The van der Waals surface area contributed by atoms with Gasteiger partial charge in [0.05, 0.1) is 11.1 Å². The Labute approximate surface area is 175 Å². The van der Waals surface area contributed by atoms with Crippen molar-refractivity contribution in [2.24, 2.45) is 0 Å². The van der Waals surface area contributed by atoms with Gasteiger partial charge in [0, 0.05) is 18.3 Å². The number of carbonyl (C=O) groups is 2. The molecule has 0 radical (unpaired) electrons. The summed E-state index contributed by atoms with van der Waals surface area (Å²) in [4.78, 5) is 27.4. The average molecular weight is 406 g/mol. The Hall–Kier alpha value is -3.22. The molecular weight excluding hydrogens is 380 g/mol. The molecule has 1 aliphatic rings. The summed E-state index contributed by atoms with van der Waals surface area (Å²) in [5.74, 6) is -0.729. The molecule has 0 atom stereocenters. The van der Waals surface area contributed by atoms with E-state index in [0.29, 0.717) is 17.6 Å². The standard InChI is InChI=1S/C23H26N4O3/c1-2-26-21-14-13-17(15-20(21)24-25-26)23(29)30-16-22(28)27(18-9-5-3-6-10-18)19-11-7-4-8-12-19/h3,5-6,9-10,13-15,19H,2,4,7-8,11-12,16H2,1H3. The number of rotatable bonds is 6. The molecule has 0 saturated heterocycles. The minimum atomic E-state index is -0.534. The Balaban J connectivity index is 1.46. The zero-order valence-corrected chi connectivity index (χ0v) is 17.2. The highest BCUT2D eigenvalue weighted by atomic mass is 16.5. The molecule has 0 spiro atoms. The summed E-state index contributed by atoms with van der Waals surface area (Å²) < 4.78 is 7.14. The van der Waals surface area contributed by atoms with Crippen molar-refractivity contribution >= 4 is 28.6 Å². The molecule has 1 aromatic heterocycles. The van der Waals surface area contributed by atoms with E-state index in [-0.39, 0.29) is 18.6 Å². The molecular formula is C23H26N4O3. The van der Waals surface area contributed by atoms with Crippen molar-refractivity contribution < 1.29 is 14.3 Å². The van der Waals surface area contributed by atoms with Crippen molar-refractivity contribution in [1.29, 1.82) is 0 Å². The minimum absolute atomic E-state index is 0.146. The number of anilines is 1. The first-order valence-electron chi connectivity index (χ1n) is 10.5. The van der Waals surface area contributed by atoms with E-state index >= 15 is 0 Å². The van der Waals surface area contributed by atoms with Gasteiger partial charge in [-0.25, -0.2) is 9.48 Å². The van der Waals surface area contributed by atoms with Crippen LogP contribution in [0.5, 0.6) is 0 Å². The van der Waals surface area contributed by atoms with Crippen molar-refractivity contribution in [3.63, 3.8) is 0 Å². The van der Waals surface area contributed by atoms with Crippen LogP contribution in [0.25, 0.3) is 11.0 Å². The molecule has 0 N–H and O–H groups in total. The second-order valence-electron chi connectivity index (χ2n) is 7.58.